The fraction of sp³-hybridized carbons (Fsp3) is 0.667. The van der Waals surface area contributed by atoms with Gasteiger partial charge in [-0.05, 0) is 12.0 Å². The number of pyridine rings is 1. The van der Waals surface area contributed by atoms with Crippen molar-refractivity contribution < 1.29 is 0 Å². The molecule has 2 heterocycles. The molecule has 0 bridgehead atoms. The molecule has 0 aromatic carbocycles. The van der Waals surface area contributed by atoms with Gasteiger partial charge in [0.15, 0.2) is 0 Å². The topological polar surface area (TPSA) is 37.3 Å². The van der Waals surface area contributed by atoms with Gasteiger partial charge in [0, 0.05) is 51.0 Å². The van der Waals surface area contributed by atoms with E-state index < -0.39 is 0 Å². The van der Waals surface area contributed by atoms with Gasteiger partial charge in [-0.1, -0.05) is 26.3 Å². The molecule has 1 saturated heterocycles. The van der Waals surface area contributed by atoms with Crippen LogP contribution in [0.4, 0.5) is 0 Å². The predicted octanol–water partition coefficient (Wildman–Crippen LogP) is 1.17. The van der Waals surface area contributed by atoms with Crippen molar-refractivity contribution in [2.24, 2.45) is 5.92 Å². The lowest BCUT2D eigenvalue weighted by Gasteiger charge is -2.39. The van der Waals surface area contributed by atoms with Crippen LogP contribution in [0.5, 0.6) is 0 Å². The number of nitrogens with zero attached hydrogens (tertiary/aromatic N) is 2. The molecule has 4 heteroatoms. The van der Waals surface area contributed by atoms with Gasteiger partial charge in [0.2, 0.25) is 0 Å². The molecule has 0 amide bonds. The molecular formula is C15H25N3O. The number of aromatic nitrogens is 1. The van der Waals surface area contributed by atoms with E-state index in [9.17, 15) is 4.79 Å². The Hall–Kier alpha value is -1.13. The second kappa shape index (κ2) is 6.87. The third-order valence-electron chi connectivity index (χ3n) is 4.23. The van der Waals surface area contributed by atoms with Crippen molar-refractivity contribution in [3.8, 4) is 0 Å². The molecule has 106 valence electrons. The van der Waals surface area contributed by atoms with Gasteiger partial charge >= 0.3 is 0 Å². The van der Waals surface area contributed by atoms with Gasteiger partial charge < -0.3 is 9.88 Å². The Bertz CT molecular complexity index is 443. The van der Waals surface area contributed by atoms with Crippen molar-refractivity contribution in [3.63, 3.8) is 0 Å². The summed E-state index contributed by atoms with van der Waals surface area (Å²) in [5.41, 5.74) is 0.0951. The highest BCUT2D eigenvalue weighted by Crippen LogP contribution is 2.16. The Morgan fingerprint density at radius 1 is 1.42 bits per heavy atom. The molecule has 1 fully saturated rings. The second-order valence-electron chi connectivity index (χ2n) is 5.43. The van der Waals surface area contributed by atoms with E-state index in [1.807, 2.05) is 12.3 Å². The van der Waals surface area contributed by atoms with Crippen LogP contribution in [0.2, 0.25) is 0 Å². The van der Waals surface area contributed by atoms with Crippen molar-refractivity contribution in [2.45, 2.75) is 32.9 Å². The van der Waals surface area contributed by atoms with E-state index in [-0.39, 0.29) is 5.56 Å². The summed E-state index contributed by atoms with van der Waals surface area (Å²) < 4.78 is 1.80. The Kier molecular flexibility index (Phi) is 5.16. The zero-order valence-electron chi connectivity index (χ0n) is 12.0. The van der Waals surface area contributed by atoms with Crippen LogP contribution in [0.3, 0.4) is 0 Å². The zero-order chi connectivity index (χ0) is 13.7. The maximum Gasteiger partial charge on any atom is 0.250 e. The first-order valence-electron chi connectivity index (χ1n) is 7.32. The lowest BCUT2D eigenvalue weighted by molar-refractivity contribution is 0.112. The highest BCUT2D eigenvalue weighted by atomic mass is 16.1. The zero-order valence-corrected chi connectivity index (χ0v) is 12.0. The summed E-state index contributed by atoms with van der Waals surface area (Å²) in [7, 11) is 0. The Balaban J connectivity index is 1.96. The van der Waals surface area contributed by atoms with Crippen molar-refractivity contribution in [1.29, 1.82) is 0 Å². The molecule has 1 aromatic heterocycles. The summed E-state index contributed by atoms with van der Waals surface area (Å²) in [6.07, 6.45) is 3.08. The SMILES string of the molecule is CCC(C)C1CNCCN1CCn1ccccc1=O. The van der Waals surface area contributed by atoms with E-state index >= 15 is 0 Å². The van der Waals surface area contributed by atoms with Crippen molar-refractivity contribution >= 4 is 0 Å². The molecule has 1 N–H and O–H groups in total. The normalized spacial score (nSPS) is 22.3. The van der Waals surface area contributed by atoms with Crippen LogP contribution in [0.1, 0.15) is 20.3 Å². The van der Waals surface area contributed by atoms with Gasteiger partial charge in [0.1, 0.15) is 0 Å². The molecule has 0 radical (unpaired) electrons. The van der Waals surface area contributed by atoms with Gasteiger partial charge in [-0.2, -0.15) is 0 Å². The number of hydrogen-bond donors (Lipinski definition) is 1. The van der Waals surface area contributed by atoms with Gasteiger partial charge in [0.05, 0.1) is 0 Å². The Labute approximate surface area is 115 Å². The number of nitrogens with one attached hydrogen (secondary N) is 1. The van der Waals surface area contributed by atoms with Crippen LogP contribution in [-0.2, 0) is 6.54 Å². The lowest BCUT2D eigenvalue weighted by Crippen LogP contribution is -2.54. The van der Waals surface area contributed by atoms with Crippen LogP contribution in [-0.4, -0.2) is 41.7 Å². The first-order chi connectivity index (χ1) is 9.22. The van der Waals surface area contributed by atoms with E-state index in [4.69, 9.17) is 0 Å². The van der Waals surface area contributed by atoms with Crippen LogP contribution in [0.15, 0.2) is 29.2 Å². The van der Waals surface area contributed by atoms with Gasteiger partial charge in [0.25, 0.3) is 5.56 Å². The maximum absolute atomic E-state index is 11.7. The molecule has 1 aliphatic heterocycles. The van der Waals surface area contributed by atoms with E-state index in [1.165, 1.54) is 6.42 Å². The number of rotatable bonds is 5. The minimum Gasteiger partial charge on any atom is -0.314 e. The molecule has 1 aromatic rings. The summed E-state index contributed by atoms with van der Waals surface area (Å²) >= 11 is 0. The second-order valence-corrected chi connectivity index (χ2v) is 5.43. The fourth-order valence-corrected chi connectivity index (χ4v) is 2.76. The molecule has 0 spiro atoms. The lowest BCUT2D eigenvalue weighted by atomic mass is 9.96. The first-order valence-corrected chi connectivity index (χ1v) is 7.32. The molecule has 2 unspecified atom stereocenters. The van der Waals surface area contributed by atoms with E-state index in [2.05, 4.69) is 24.1 Å². The minimum atomic E-state index is 0.0951. The molecular weight excluding hydrogens is 238 g/mol. The molecule has 0 aliphatic carbocycles. The largest absolute Gasteiger partial charge is 0.314 e. The Morgan fingerprint density at radius 3 is 3.00 bits per heavy atom. The van der Waals surface area contributed by atoms with E-state index in [0.29, 0.717) is 12.0 Å². The van der Waals surface area contributed by atoms with Crippen LogP contribution in [0.25, 0.3) is 0 Å². The van der Waals surface area contributed by atoms with Crippen molar-refractivity contribution in [3.05, 3.63) is 34.7 Å². The van der Waals surface area contributed by atoms with E-state index in [0.717, 1.165) is 32.7 Å². The van der Waals surface area contributed by atoms with Crippen LogP contribution < -0.4 is 10.9 Å². The standard InChI is InChI=1S/C15H25N3O/c1-3-13(2)14-12-16-7-9-17(14)10-11-18-8-5-4-6-15(18)19/h4-6,8,13-14,16H,3,7,9-12H2,1-2H3. The monoisotopic (exact) mass is 263 g/mol. The molecule has 19 heavy (non-hydrogen) atoms. The van der Waals surface area contributed by atoms with Crippen LogP contribution >= 0.6 is 0 Å². The molecule has 1 aliphatic rings. The minimum absolute atomic E-state index is 0.0951. The number of piperazine rings is 1. The van der Waals surface area contributed by atoms with Crippen LogP contribution in [0, 0.1) is 5.92 Å². The quantitative estimate of drug-likeness (QED) is 0.866. The van der Waals surface area contributed by atoms with Gasteiger partial charge in [-0.25, -0.2) is 0 Å². The average molecular weight is 263 g/mol. The number of hydrogen-bond acceptors (Lipinski definition) is 3. The van der Waals surface area contributed by atoms with Gasteiger partial charge in [-0.15, -0.1) is 0 Å². The molecule has 0 saturated carbocycles. The summed E-state index contributed by atoms with van der Waals surface area (Å²) in [6, 6.07) is 5.94. The average Bonchev–Trinajstić information content (AvgIpc) is 2.46. The van der Waals surface area contributed by atoms with Crippen molar-refractivity contribution in [2.75, 3.05) is 26.2 Å². The summed E-state index contributed by atoms with van der Waals surface area (Å²) in [4.78, 5) is 14.2. The molecule has 2 atom stereocenters. The Morgan fingerprint density at radius 2 is 2.26 bits per heavy atom. The third kappa shape index (κ3) is 3.67. The predicted molar refractivity (Wildman–Crippen MR) is 78.4 cm³/mol. The van der Waals surface area contributed by atoms with Crippen molar-refractivity contribution in [1.82, 2.24) is 14.8 Å². The third-order valence-corrected chi connectivity index (χ3v) is 4.23. The highest BCUT2D eigenvalue weighted by molar-refractivity contribution is 4.93. The smallest absolute Gasteiger partial charge is 0.250 e. The maximum atomic E-state index is 11.7. The van der Waals surface area contributed by atoms with E-state index in [1.54, 1.807) is 16.7 Å². The summed E-state index contributed by atoms with van der Waals surface area (Å²) in [5.74, 6) is 0.695. The summed E-state index contributed by atoms with van der Waals surface area (Å²) in [6.45, 7) is 9.51. The first kappa shape index (κ1) is 14.3. The summed E-state index contributed by atoms with van der Waals surface area (Å²) in [5, 5.41) is 3.48. The molecule has 4 nitrogen and oxygen atoms in total. The van der Waals surface area contributed by atoms with Gasteiger partial charge in [-0.3, -0.25) is 9.69 Å². The molecule has 2 rings (SSSR count). The highest BCUT2D eigenvalue weighted by Gasteiger charge is 2.25. The fourth-order valence-electron chi connectivity index (χ4n) is 2.76.